The van der Waals surface area contributed by atoms with Gasteiger partial charge < -0.3 is 15.5 Å². The molecule has 1 fully saturated rings. The van der Waals surface area contributed by atoms with Gasteiger partial charge >= 0.3 is 0 Å². The zero-order valence-electron chi connectivity index (χ0n) is 8.49. The minimum atomic E-state index is 0.711. The van der Waals surface area contributed by atoms with Crippen LogP contribution in [0.4, 0.5) is 5.69 Å². The van der Waals surface area contributed by atoms with E-state index in [4.69, 9.17) is 10.2 Å². The molecule has 0 aliphatic heterocycles. The monoisotopic (exact) mass is 202 g/mol. The molecule has 0 unspecified atom stereocenters. The summed E-state index contributed by atoms with van der Waals surface area (Å²) >= 11 is 0. The Hall–Kier alpha value is -1.48. The zero-order chi connectivity index (χ0) is 10.3. The number of furan rings is 1. The van der Waals surface area contributed by atoms with Crippen molar-refractivity contribution < 1.29 is 4.42 Å². The lowest BCUT2D eigenvalue weighted by atomic mass is 10.2. The van der Waals surface area contributed by atoms with Crippen molar-refractivity contribution in [1.82, 2.24) is 5.32 Å². The maximum atomic E-state index is 5.71. The Kier molecular flexibility index (Phi) is 1.92. The first-order valence-corrected chi connectivity index (χ1v) is 5.32. The van der Waals surface area contributed by atoms with Gasteiger partial charge in [-0.3, -0.25) is 0 Å². The number of rotatable bonds is 3. The Morgan fingerprint density at radius 3 is 3.00 bits per heavy atom. The molecule has 1 saturated carbocycles. The normalized spacial score (nSPS) is 16.0. The number of nitrogen functional groups attached to an aromatic ring is 1. The second-order valence-electron chi connectivity index (χ2n) is 4.17. The molecule has 0 saturated heterocycles. The van der Waals surface area contributed by atoms with Gasteiger partial charge in [0.25, 0.3) is 0 Å². The maximum Gasteiger partial charge on any atom is 0.134 e. The highest BCUT2D eigenvalue weighted by molar-refractivity contribution is 5.81. The third-order valence-electron chi connectivity index (χ3n) is 2.73. The summed E-state index contributed by atoms with van der Waals surface area (Å²) in [6.45, 7) is 0.819. The van der Waals surface area contributed by atoms with Gasteiger partial charge in [-0.25, -0.2) is 0 Å². The number of nitrogens with two attached hydrogens (primary N) is 1. The van der Waals surface area contributed by atoms with Crippen LogP contribution < -0.4 is 11.1 Å². The molecule has 1 aliphatic carbocycles. The predicted octanol–water partition coefficient (Wildman–Crippen LogP) is 2.27. The second-order valence-corrected chi connectivity index (χ2v) is 4.17. The summed E-state index contributed by atoms with van der Waals surface area (Å²) < 4.78 is 5.68. The fourth-order valence-corrected chi connectivity index (χ4v) is 1.74. The van der Waals surface area contributed by atoms with Crippen LogP contribution in [0.1, 0.15) is 18.6 Å². The van der Waals surface area contributed by atoms with Crippen LogP contribution in [0.5, 0.6) is 0 Å². The summed E-state index contributed by atoms with van der Waals surface area (Å²) in [7, 11) is 0. The minimum Gasteiger partial charge on any atom is -0.460 e. The van der Waals surface area contributed by atoms with Crippen LogP contribution in [-0.4, -0.2) is 6.04 Å². The first-order valence-electron chi connectivity index (χ1n) is 5.32. The lowest BCUT2D eigenvalue weighted by Crippen LogP contribution is -2.14. The van der Waals surface area contributed by atoms with Crippen molar-refractivity contribution in [3.05, 3.63) is 30.0 Å². The maximum absolute atomic E-state index is 5.71. The molecule has 15 heavy (non-hydrogen) atoms. The molecule has 3 heteroatoms. The summed E-state index contributed by atoms with van der Waals surface area (Å²) in [4.78, 5) is 0. The van der Waals surface area contributed by atoms with Crippen molar-refractivity contribution in [2.45, 2.75) is 25.4 Å². The van der Waals surface area contributed by atoms with Crippen molar-refractivity contribution in [2.24, 2.45) is 0 Å². The van der Waals surface area contributed by atoms with Crippen LogP contribution in [0.2, 0.25) is 0 Å². The molecule has 2 aromatic rings. The molecule has 1 aromatic heterocycles. The van der Waals surface area contributed by atoms with Gasteiger partial charge in [-0.1, -0.05) is 0 Å². The number of nitrogens with one attached hydrogen (secondary N) is 1. The molecule has 1 heterocycles. The molecule has 0 atom stereocenters. The Bertz CT molecular complexity index is 485. The zero-order valence-corrected chi connectivity index (χ0v) is 8.49. The van der Waals surface area contributed by atoms with Gasteiger partial charge in [-0.15, -0.1) is 0 Å². The molecule has 3 N–H and O–H groups in total. The fourth-order valence-electron chi connectivity index (χ4n) is 1.74. The van der Waals surface area contributed by atoms with E-state index in [1.165, 1.54) is 12.8 Å². The average Bonchev–Trinajstić information content (AvgIpc) is 2.95. The van der Waals surface area contributed by atoms with Crippen molar-refractivity contribution in [3.63, 3.8) is 0 Å². The molecule has 0 spiro atoms. The third-order valence-corrected chi connectivity index (χ3v) is 2.73. The second kappa shape index (κ2) is 3.28. The molecule has 0 bridgehead atoms. The van der Waals surface area contributed by atoms with E-state index in [2.05, 4.69) is 11.4 Å². The molecular weight excluding hydrogens is 188 g/mol. The lowest BCUT2D eigenvalue weighted by molar-refractivity contribution is 0.512. The van der Waals surface area contributed by atoms with Gasteiger partial charge in [0.15, 0.2) is 0 Å². The molecule has 3 nitrogen and oxygen atoms in total. The van der Waals surface area contributed by atoms with Gasteiger partial charge in [0, 0.05) is 17.1 Å². The van der Waals surface area contributed by atoms with E-state index in [9.17, 15) is 0 Å². The SMILES string of the molecule is Nc1ccc2oc(CNC3CC3)cc2c1. The highest BCUT2D eigenvalue weighted by atomic mass is 16.3. The van der Waals surface area contributed by atoms with E-state index in [0.717, 1.165) is 29.0 Å². The van der Waals surface area contributed by atoms with Crippen LogP contribution in [0.25, 0.3) is 11.0 Å². The minimum absolute atomic E-state index is 0.711. The van der Waals surface area contributed by atoms with Gasteiger partial charge in [0.05, 0.1) is 6.54 Å². The van der Waals surface area contributed by atoms with E-state index in [1.807, 2.05) is 18.2 Å². The Morgan fingerprint density at radius 2 is 2.20 bits per heavy atom. The van der Waals surface area contributed by atoms with E-state index in [0.29, 0.717) is 6.04 Å². The molecule has 78 valence electrons. The largest absolute Gasteiger partial charge is 0.460 e. The third kappa shape index (κ3) is 1.83. The Balaban J connectivity index is 1.84. The number of benzene rings is 1. The van der Waals surface area contributed by atoms with E-state index in [-0.39, 0.29) is 0 Å². The standard InChI is InChI=1S/C12H14N2O/c13-9-1-4-12-8(5-9)6-11(15-12)7-14-10-2-3-10/h1,4-6,10,14H,2-3,7,13H2. The van der Waals surface area contributed by atoms with Gasteiger partial charge in [-0.2, -0.15) is 0 Å². The van der Waals surface area contributed by atoms with Gasteiger partial charge in [0.1, 0.15) is 11.3 Å². The molecule has 3 rings (SSSR count). The first kappa shape index (κ1) is 8.80. The van der Waals surface area contributed by atoms with Crippen molar-refractivity contribution in [2.75, 3.05) is 5.73 Å². The van der Waals surface area contributed by atoms with E-state index >= 15 is 0 Å². The van der Waals surface area contributed by atoms with E-state index < -0.39 is 0 Å². The summed E-state index contributed by atoms with van der Waals surface area (Å²) in [6.07, 6.45) is 2.60. The van der Waals surface area contributed by atoms with Crippen LogP contribution >= 0.6 is 0 Å². The first-order chi connectivity index (χ1) is 7.31. The number of fused-ring (bicyclic) bond motifs is 1. The fraction of sp³-hybridized carbons (Fsp3) is 0.333. The van der Waals surface area contributed by atoms with Crippen LogP contribution in [0, 0.1) is 0 Å². The quantitative estimate of drug-likeness (QED) is 0.751. The highest BCUT2D eigenvalue weighted by Gasteiger charge is 2.20. The average molecular weight is 202 g/mol. The van der Waals surface area contributed by atoms with Gasteiger partial charge in [0.2, 0.25) is 0 Å². The summed E-state index contributed by atoms with van der Waals surface area (Å²) in [6, 6.07) is 8.50. The molecular formula is C12H14N2O. The topological polar surface area (TPSA) is 51.2 Å². The molecule has 0 radical (unpaired) electrons. The van der Waals surface area contributed by atoms with Crippen molar-refractivity contribution >= 4 is 16.7 Å². The Labute approximate surface area is 88.3 Å². The highest BCUT2D eigenvalue weighted by Crippen LogP contribution is 2.23. The summed E-state index contributed by atoms with van der Waals surface area (Å²) in [5.41, 5.74) is 7.40. The summed E-state index contributed by atoms with van der Waals surface area (Å²) in [5, 5.41) is 4.51. The molecule has 1 aromatic carbocycles. The van der Waals surface area contributed by atoms with Crippen LogP contribution in [-0.2, 0) is 6.54 Å². The predicted molar refractivity (Wildman–Crippen MR) is 60.5 cm³/mol. The lowest BCUT2D eigenvalue weighted by Gasteiger charge is -1.96. The van der Waals surface area contributed by atoms with Crippen molar-refractivity contribution in [3.8, 4) is 0 Å². The molecule has 1 aliphatic rings. The van der Waals surface area contributed by atoms with Crippen LogP contribution in [0.15, 0.2) is 28.7 Å². The van der Waals surface area contributed by atoms with Crippen LogP contribution in [0.3, 0.4) is 0 Å². The van der Waals surface area contributed by atoms with E-state index in [1.54, 1.807) is 0 Å². The number of anilines is 1. The number of hydrogen-bond donors (Lipinski definition) is 2. The van der Waals surface area contributed by atoms with Gasteiger partial charge in [-0.05, 0) is 37.1 Å². The smallest absolute Gasteiger partial charge is 0.134 e. The Morgan fingerprint density at radius 1 is 1.33 bits per heavy atom. The summed E-state index contributed by atoms with van der Waals surface area (Å²) in [5.74, 6) is 0.988. The number of hydrogen-bond acceptors (Lipinski definition) is 3. The van der Waals surface area contributed by atoms with Crippen molar-refractivity contribution in [1.29, 1.82) is 0 Å². The molecule has 0 amide bonds.